The van der Waals surface area contributed by atoms with Gasteiger partial charge in [0.15, 0.2) is 0 Å². The van der Waals surface area contributed by atoms with E-state index in [-0.39, 0.29) is 5.41 Å². The number of benzene rings is 1. The second-order valence-electron chi connectivity index (χ2n) is 5.71. The molecule has 2 rings (SSSR count). The molecule has 0 aliphatic heterocycles. The highest BCUT2D eigenvalue weighted by Crippen LogP contribution is 2.44. The van der Waals surface area contributed by atoms with Crippen LogP contribution in [0.4, 0.5) is 5.69 Å². The molecule has 0 heterocycles. The zero-order valence-corrected chi connectivity index (χ0v) is 11.6. The molecular formula is C15H24N2O. The van der Waals surface area contributed by atoms with E-state index in [0.717, 1.165) is 19.4 Å². The van der Waals surface area contributed by atoms with E-state index in [1.54, 1.807) is 0 Å². The molecule has 1 aromatic rings. The lowest BCUT2D eigenvalue weighted by molar-refractivity contribution is 0.205. The molecule has 0 spiro atoms. The highest BCUT2D eigenvalue weighted by molar-refractivity contribution is 5.53. The summed E-state index contributed by atoms with van der Waals surface area (Å²) in [6, 6.07) is 8.78. The van der Waals surface area contributed by atoms with Crippen LogP contribution in [0.1, 0.15) is 31.4 Å². The third kappa shape index (κ3) is 2.85. The summed E-state index contributed by atoms with van der Waals surface area (Å²) in [5, 5.41) is 12.9. The van der Waals surface area contributed by atoms with Crippen molar-refractivity contribution in [3.8, 4) is 0 Å². The number of hydrogen-bond acceptors (Lipinski definition) is 3. The van der Waals surface area contributed by atoms with Gasteiger partial charge < -0.3 is 15.3 Å². The van der Waals surface area contributed by atoms with Crippen molar-refractivity contribution in [3.05, 3.63) is 29.8 Å². The highest BCUT2D eigenvalue weighted by Gasteiger charge is 2.41. The van der Waals surface area contributed by atoms with Gasteiger partial charge in [0.2, 0.25) is 0 Å². The van der Waals surface area contributed by atoms with Gasteiger partial charge in [-0.25, -0.2) is 0 Å². The average Bonchev–Trinajstić information content (AvgIpc) is 3.16. The maximum Gasteiger partial charge on any atom is 0.0499 e. The molecule has 3 nitrogen and oxygen atoms in total. The van der Waals surface area contributed by atoms with Crippen molar-refractivity contribution in [2.75, 3.05) is 32.1 Å². The summed E-state index contributed by atoms with van der Waals surface area (Å²) in [6.45, 7) is 3.41. The van der Waals surface area contributed by atoms with Crippen LogP contribution in [0.2, 0.25) is 0 Å². The third-order valence-electron chi connectivity index (χ3n) is 3.96. The summed E-state index contributed by atoms with van der Waals surface area (Å²) in [5.74, 6) is 0. The Labute approximate surface area is 110 Å². The zero-order chi connectivity index (χ0) is 13.2. The van der Waals surface area contributed by atoms with Gasteiger partial charge in [-0.1, -0.05) is 18.2 Å². The standard InChI is InChI=1S/C15H24N2O/c1-12(16-10-15(11-18)8-9-15)13-6-4-5-7-14(13)17(2)3/h4-7,12,16,18H,8-11H2,1-3H3. The summed E-state index contributed by atoms with van der Waals surface area (Å²) in [4.78, 5) is 2.15. The Bertz CT molecular complexity index is 399. The second-order valence-corrected chi connectivity index (χ2v) is 5.71. The average molecular weight is 248 g/mol. The molecule has 1 aliphatic rings. The minimum absolute atomic E-state index is 0.168. The molecule has 0 radical (unpaired) electrons. The van der Waals surface area contributed by atoms with E-state index in [4.69, 9.17) is 0 Å². The fourth-order valence-electron chi connectivity index (χ4n) is 2.31. The Morgan fingerprint density at radius 1 is 1.33 bits per heavy atom. The molecule has 3 heteroatoms. The summed E-state index contributed by atoms with van der Waals surface area (Å²) in [7, 11) is 4.14. The van der Waals surface area contributed by atoms with Crippen molar-refractivity contribution in [2.45, 2.75) is 25.8 Å². The molecule has 1 unspecified atom stereocenters. The van der Waals surface area contributed by atoms with Crippen LogP contribution in [0.15, 0.2) is 24.3 Å². The number of para-hydroxylation sites is 1. The lowest BCUT2D eigenvalue weighted by Gasteiger charge is -2.24. The topological polar surface area (TPSA) is 35.5 Å². The number of aliphatic hydroxyl groups is 1. The number of aliphatic hydroxyl groups excluding tert-OH is 1. The van der Waals surface area contributed by atoms with E-state index < -0.39 is 0 Å². The Kier molecular flexibility index (Phi) is 3.93. The first-order valence-electron chi connectivity index (χ1n) is 6.68. The minimum atomic E-state index is 0.168. The van der Waals surface area contributed by atoms with Gasteiger partial charge in [0.05, 0.1) is 0 Å². The van der Waals surface area contributed by atoms with Crippen LogP contribution in [0.5, 0.6) is 0 Å². The molecule has 0 bridgehead atoms. The van der Waals surface area contributed by atoms with E-state index in [2.05, 4.69) is 55.5 Å². The van der Waals surface area contributed by atoms with Crippen molar-refractivity contribution in [2.24, 2.45) is 5.41 Å². The van der Waals surface area contributed by atoms with Gasteiger partial charge in [0.25, 0.3) is 0 Å². The van der Waals surface area contributed by atoms with E-state index >= 15 is 0 Å². The molecule has 1 aromatic carbocycles. The van der Waals surface area contributed by atoms with Crippen LogP contribution in [0.3, 0.4) is 0 Å². The van der Waals surface area contributed by atoms with E-state index in [1.165, 1.54) is 11.3 Å². The van der Waals surface area contributed by atoms with Crippen LogP contribution < -0.4 is 10.2 Å². The van der Waals surface area contributed by atoms with Gasteiger partial charge in [0, 0.05) is 44.4 Å². The number of anilines is 1. The lowest BCUT2D eigenvalue weighted by atomic mass is 10.0. The molecule has 1 fully saturated rings. The monoisotopic (exact) mass is 248 g/mol. The molecule has 1 atom stereocenters. The van der Waals surface area contributed by atoms with Crippen LogP contribution in [-0.4, -0.2) is 32.4 Å². The van der Waals surface area contributed by atoms with Crippen LogP contribution >= 0.6 is 0 Å². The van der Waals surface area contributed by atoms with Gasteiger partial charge in [-0.3, -0.25) is 0 Å². The van der Waals surface area contributed by atoms with Crippen molar-refractivity contribution in [1.82, 2.24) is 5.32 Å². The fourth-order valence-corrected chi connectivity index (χ4v) is 2.31. The van der Waals surface area contributed by atoms with Gasteiger partial charge in [-0.15, -0.1) is 0 Å². The molecule has 2 N–H and O–H groups in total. The fraction of sp³-hybridized carbons (Fsp3) is 0.600. The van der Waals surface area contributed by atoms with Crippen molar-refractivity contribution < 1.29 is 5.11 Å². The van der Waals surface area contributed by atoms with Crippen LogP contribution in [0, 0.1) is 5.41 Å². The molecular weight excluding hydrogens is 224 g/mol. The normalized spacial score (nSPS) is 18.4. The molecule has 1 aliphatic carbocycles. The summed E-state index contributed by atoms with van der Waals surface area (Å²) in [6.07, 6.45) is 2.30. The predicted molar refractivity (Wildman–Crippen MR) is 75.9 cm³/mol. The smallest absolute Gasteiger partial charge is 0.0499 e. The van der Waals surface area contributed by atoms with E-state index in [1.807, 2.05) is 0 Å². The first kappa shape index (κ1) is 13.4. The summed E-state index contributed by atoms with van der Waals surface area (Å²) < 4.78 is 0. The SMILES string of the molecule is CC(NCC1(CO)CC1)c1ccccc1N(C)C. The van der Waals surface area contributed by atoms with Crippen molar-refractivity contribution >= 4 is 5.69 Å². The Morgan fingerprint density at radius 2 is 2.00 bits per heavy atom. The summed E-state index contributed by atoms with van der Waals surface area (Å²) in [5.41, 5.74) is 2.74. The highest BCUT2D eigenvalue weighted by atomic mass is 16.3. The molecule has 0 aromatic heterocycles. The minimum Gasteiger partial charge on any atom is -0.396 e. The summed E-state index contributed by atoms with van der Waals surface area (Å²) >= 11 is 0. The van der Waals surface area contributed by atoms with Crippen molar-refractivity contribution in [1.29, 1.82) is 0 Å². The maximum absolute atomic E-state index is 9.33. The Balaban J connectivity index is 2.02. The van der Waals surface area contributed by atoms with Gasteiger partial charge in [-0.05, 0) is 31.4 Å². The first-order valence-corrected chi connectivity index (χ1v) is 6.68. The van der Waals surface area contributed by atoms with E-state index in [0.29, 0.717) is 12.6 Å². The number of nitrogens with zero attached hydrogens (tertiary/aromatic N) is 1. The second kappa shape index (κ2) is 5.29. The maximum atomic E-state index is 9.33. The number of hydrogen-bond donors (Lipinski definition) is 2. The van der Waals surface area contributed by atoms with Crippen LogP contribution in [0.25, 0.3) is 0 Å². The van der Waals surface area contributed by atoms with E-state index in [9.17, 15) is 5.11 Å². The molecule has 18 heavy (non-hydrogen) atoms. The first-order chi connectivity index (χ1) is 8.58. The lowest BCUT2D eigenvalue weighted by Crippen LogP contribution is -2.29. The molecule has 1 saturated carbocycles. The number of rotatable bonds is 6. The largest absolute Gasteiger partial charge is 0.396 e. The number of nitrogens with one attached hydrogen (secondary N) is 1. The zero-order valence-electron chi connectivity index (χ0n) is 11.6. The van der Waals surface area contributed by atoms with Gasteiger partial charge in [0.1, 0.15) is 0 Å². The third-order valence-corrected chi connectivity index (χ3v) is 3.96. The van der Waals surface area contributed by atoms with Gasteiger partial charge in [-0.2, -0.15) is 0 Å². The Morgan fingerprint density at radius 3 is 2.56 bits per heavy atom. The Hall–Kier alpha value is -1.06. The van der Waals surface area contributed by atoms with Crippen molar-refractivity contribution in [3.63, 3.8) is 0 Å². The molecule has 100 valence electrons. The van der Waals surface area contributed by atoms with Gasteiger partial charge >= 0.3 is 0 Å². The molecule has 0 saturated heterocycles. The quantitative estimate of drug-likeness (QED) is 0.810. The predicted octanol–water partition coefficient (Wildman–Crippen LogP) is 2.18. The molecule has 0 amide bonds. The van der Waals surface area contributed by atoms with Crippen LogP contribution in [-0.2, 0) is 0 Å².